The molecular formula is C15H20BrN3S. The highest BCUT2D eigenvalue weighted by Gasteiger charge is 2.23. The minimum Gasteiger partial charge on any atom is -0.326 e. The molecule has 0 amide bonds. The van der Waals surface area contributed by atoms with Crippen LogP contribution < -0.4 is 5.73 Å². The lowest BCUT2D eigenvalue weighted by molar-refractivity contribution is 0.201. The Kier molecular flexibility index (Phi) is 5.72. The molecule has 2 aromatic heterocycles. The quantitative estimate of drug-likeness (QED) is 0.858. The first-order valence-corrected chi connectivity index (χ1v) is 8.37. The van der Waals surface area contributed by atoms with Crippen molar-refractivity contribution < 1.29 is 0 Å². The topological polar surface area (TPSA) is 42.1 Å². The fourth-order valence-electron chi connectivity index (χ4n) is 2.42. The monoisotopic (exact) mass is 353 g/mol. The van der Waals surface area contributed by atoms with Crippen LogP contribution in [-0.4, -0.2) is 23.0 Å². The molecule has 0 fully saturated rings. The molecule has 3 nitrogen and oxygen atoms in total. The van der Waals surface area contributed by atoms with Gasteiger partial charge in [-0.15, -0.1) is 11.3 Å². The Hall–Kier alpha value is -0.750. The molecule has 0 aliphatic rings. The van der Waals surface area contributed by atoms with Gasteiger partial charge >= 0.3 is 0 Å². The van der Waals surface area contributed by atoms with Crippen molar-refractivity contribution in [2.45, 2.75) is 32.0 Å². The molecule has 0 radical (unpaired) electrons. The molecule has 0 aliphatic carbocycles. The van der Waals surface area contributed by atoms with Gasteiger partial charge in [0, 0.05) is 25.0 Å². The van der Waals surface area contributed by atoms with Crippen molar-refractivity contribution in [2.24, 2.45) is 5.73 Å². The van der Waals surface area contributed by atoms with E-state index in [0.29, 0.717) is 0 Å². The largest absolute Gasteiger partial charge is 0.326 e. The van der Waals surface area contributed by atoms with Crippen LogP contribution in [0.1, 0.15) is 30.5 Å². The Labute approximate surface area is 133 Å². The predicted molar refractivity (Wildman–Crippen MR) is 88.7 cm³/mol. The number of halogens is 1. The maximum absolute atomic E-state index is 6.33. The lowest BCUT2D eigenvalue weighted by Crippen LogP contribution is -2.38. The SMILES string of the molecule is CCC(N)C(c1cccnc1)N(C)Cc1csc(Br)c1. The van der Waals surface area contributed by atoms with Crippen molar-refractivity contribution in [1.29, 1.82) is 0 Å². The first-order valence-electron chi connectivity index (χ1n) is 6.70. The summed E-state index contributed by atoms with van der Waals surface area (Å²) in [5, 5.41) is 2.18. The summed E-state index contributed by atoms with van der Waals surface area (Å²) in [6.45, 7) is 3.01. The smallest absolute Gasteiger partial charge is 0.0701 e. The molecule has 2 atom stereocenters. The van der Waals surface area contributed by atoms with Gasteiger partial charge in [0.25, 0.3) is 0 Å². The zero-order valence-corrected chi connectivity index (χ0v) is 14.2. The molecule has 0 aliphatic heterocycles. The summed E-state index contributed by atoms with van der Waals surface area (Å²) in [5.41, 5.74) is 8.82. The summed E-state index contributed by atoms with van der Waals surface area (Å²) < 4.78 is 1.17. The molecule has 0 saturated carbocycles. The van der Waals surface area contributed by atoms with Gasteiger partial charge in [-0.25, -0.2) is 0 Å². The standard InChI is InChI=1S/C15H20BrN3S/c1-3-13(17)15(12-5-4-6-18-8-12)19(2)9-11-7-14(16)20-10-11/h4-8,10,13,15H,3,9,17H2,1-2H3. The normalized spacial score (nSPS) is 14.4. The van der Waals surface area contributed by atoms with Gasteiger partial charge in [0.2, 0.25) is 0 Å². The summed E-state index contributed by atoms with van der Waals surface area (Å²) >= 11 is 5.23. The number of likely N-dealkylation sites (N-methyl/N-ethyl adjacent to an activating group) is 1. The van der Waals surface area contributed by atoms with Crippen LogP contribution in [0.5, 0.6) is 0 Å². The number of aromatic nitrogens is 1. The van der Waals surface area contributed by atoms with Gasteiger partial charge in [-0.3, -0.25) is 9.88 Å². The van der Waals surface area contributed by atoms with Crippen LogP contribution in [0.15, 0.2) is 39.8 Å². The highest BCUT2D eigenvalue weighted by molar-refractivity contribution is 9.11. The number of hydrogen-bond acceptors (Lipinski definition) is 4. The molecule has 20 heavy (non-hydrogen) atoms. The highest BCUT2D eigenvalue weighted by Crippen LogP contribution is 2.27. The molecule has 108 valence electrons. The van der Waals surface area contributed by atoms with Crippen molar-refractivity contribution in [3.8, 4) is 0 Å². The molecule has 0 saturated heterocycles. The van der Waals surface area contributed by atoms with Gasteiger partial charge in [-0.1, -0.05) is 13.0 Å². The number of rotatable bonds is 6. The summed E-state index contributed by atoms with van der Waals surface area (Å²) in [6.07, 6.45) is 4.66. The highest BCUT2D eigenvalue weighted by atomic mass is 79.9. The zero-order chi connectivity index (χ0) is 14.5. The van der Waals surface area contributed by atoms with Crippen molar-refractivity contribution >= 4 is 27.3 Å². The Morgan fingerprint density at radius 3 is 2.85 bits per heavy atom. The summed E-state index contributed by atoms with van der Waals surface area (Å²) in [7, 11) is 2.12. The van der Waals surface area contributed by atoms with Gasteiger partial charge in [0.05, 0.1) is 9.83 Å². The van der Waals surface area contributed by atoms with Crippen LogP contribution in [0.2, 0.25) is 0 Å². The fourth-order valence-corrected chi connectivity index (χ4v) is 3.62. The molecule has 0 spiro atoms. The number of pyridine rings is 1. The van der Waals surface area contributed by atoms with E-state index in [4.69, 9.17) is 5.73 Å². The molecule has 5 heteroatoms. The van der Waals surface area contributed by atoms with E-state index in [1.807, 2.05) is 12.3 Å². The van der Waals surface area contributed by atoms with Gasteiger partial charge < -0.3 is 5.73 Å². The maximum Gasteiger partial charge on any atom is 0.0701 e. The zero-order valence-electron chi connectivity index (χ0n) is 11.8. The lowest BCUT2D eigenvalue weighted by Gasteiger charge is -2.32. The van der Waals surface area contributed by atoms with Gasteiger partial charge in [0.1, 0.15) is 0 Å². The van der Waals surface area contributed by atoms with E-state index in [0.717, 1.165) is 13.0 Å². The predicted octanol–water partition coefficient (Wildman–Crippen LogP) is 3.82. The molecular weight excluding hydrogens is 334 g/mol. The second-order valence-corrected chi connectivity index (χ2v) is 7.27. The minimum absolute atomic E-state index is 0.103. The van der Waals surface area contributed by atoms with Crippen LogP contribution in [-0.2, 0) is 6.54 Å². The molecule has 0 aromatic carbocycles. The third-order valence-electron chi connectivity index (χ3n) is 3.43. The van der Waals surface area contributed by atoms with E-state index in [-0.39, 0.29) is 12.1 Å². The fraction of sp³-hybridized carbons (Fsp3) is 0.400. The van der Waals surface area contributed by atoms with Crippen LogP contribution in [0.25, 0.3) is 0 Å². The summed E-state index contributed by atoms with van der Waals surface area (Å²) in [5.74, 6) is 0. The number of nitrogens with two attached hydrogens (primary N) is 1. The van der Waals surface area contributed by atoms with E-state index < -0.39 is 0 Å². The van der Waals surface area contributed by atoms with E-state index in [1.54, 1.807) is 17.5 Å². The second kappa shape index (κ2) is 7.31. The minimum atomic E-state index is 0.103. The lowest BCUT2D eigenvalue weighted by atomic mass is 9.98. The number of thiophene rings is 1. The molecule has 2 rings (SSSR count). The van der Waals surface area contributed by atoms with Crippen LogP contribution in [0.4, 0.5) is 0 Å². The Bertz CT molecular complexity index is 529. The maximum atomic E-state index is 6.33. The van der Waals surface area contributed by atoms with E-state index in [2.05, 4.69) is 57.3 Å². The molecule has 2 aromatic rings. The summed E-state index contributed by atoms with van der Waals surface area (Å²) in [4.78, 5) is 6.53. The van der Waals surface area contributed by atoms with Crippen molar-refractivity contribution in [3.05, 3.63) is 50.9 Å². The Morgan fingerprint density at radius 2 is 2.30 bits per heavy atom. The van der Waals surface area contributed by atoms with Crippen molar-refractivity contribution in [2.75, 3.05) is 7.05 Å². The van der Waals surface area contributed by atoms with Gasteiger partial charge in [0.15, 0.2) is 0 Å². The van der Waals surface area contributed by atoms with Crippen LogP contribution >= 0.6 is 27.3 Å². The van der Waals surface area contributed by atoms with Crippen LogP contribution in [0.3, 0.4) is 0 Å². The van der Waals surface area contributed by atoms with E-state index in [1.165, 1.54) is 14.9 Å². The third-order valence-corrected chi connectivity index (χ3v) is 4.98. The van der Waals surface area contributed by atoms with E-state index in [9.17, 15) is 0 Å². The average Bonchev–Trinajstić information content (AvgIpc) is 2.85. The Morgan fingerprint density at radius 1 is 1.50 bits per heavy atom. The van der Waals surface area contributed by atoms with Crippen molar-refractivity contribution in [1.82, 2.24) is 9.88 Å². The van der Waals surface area contributed by atoms with Gasteiger partial charge in [-0.2, -0.15) is 0 Å². The van der Waals surface area contributed by atoms with Gasteiger partial charge in [-0.05, 0) is 58.0 Å². The van der Waals surface area contributed by atoms with E-state index >= 15 is 0 Å². The summed E-state index contributed by atoms with van der Waals surface area (Å²) in [6, 6.07) is 6.53. The second-order valence-electron chi connectivity index (χ2n) is 4.98. The molecule has 0 bridgehead atoms. The van der Waals surface area contributed by atoms with Crippen LogP contribution in [0, 0.1) is 0 Å². The molecule has 2 unspecified atom stereocenters. The number of nitrogens with zero attached hydrogens (tertiary/aromatic N) is 2. The Balaban J connectivity index is 2.18. The average molecular weight is 354 g/mol. The third kappa shape index (κ3) is 3.88. The molecule has 2 heterocycles. The first-order chi connectivity index (χ1) is 9.61. The number of hydrogen-bond donors (Lipinski definition) is 1. The first kappa shape index (κ1) is 15.6. The molecule has 2 N–H and O–H groups in total. The van der Waals surface area contributed by atoms with Crippen molar-refractivity contribution in [3.63, 3.8) is 0 Å².